The zero-order chi connectivity index (χ0) is 12.4. The molecule has 0 spiro atoms. The molecular weight excluding hydrogens is 216 g/mol. The second-order valence-electron chi connectivity index (χ2n) is 4.43. The second-order valence-corrected chi connectivity index (χ2v) is 4.43. The molecule has 0 bridgehead atoms. The molecule has 1 saturated heterocycles. The van der Waals surface area contributed by atoms with Gasteiger partial charge in [0.1, 0.15) is 0 Å². The molecule has 1 aliphatic rings. The molecule has 0 radical (unpaired) electrons. The van der Waals surface area contributed by atoms with E-state index in [0.717, 1.165) is 5.56 Å². The largest absolute Gasteiger partial charge is 0.324 e. The Labute approximate surface area is 101 Å². The number of urea groups is 1. The van der Waals surface area contributed by atoms with Crippen molar-refractivity contribution in [1.82, 2.24) is 10.2 Å². The van der Waals surface area contributed by atoms with E-state index in [9.17, 15) is 9.59 Å². The van der Waals surface area contributed by atoms with Crippen LogP contribution in [0.4, 0.5) is 4.79 Å². The van der Waals surface area contributed by atoms with Crippen molar-refractivity contribution in [3.63, 3.8) is 0 Å². The van der Waals surface area contributed by atoms with Gasteiger partial charge in [0.15, 0.2) is 0 Å². The smallest absolute Gasteiger partial charge is 0.317 e. The quantitative estimate of drug-likeness (QED) is 0.847. The molecule has 1 aromatic carbocycles. The minimum atomic E-state index is -0.301. The van der Waals surface area contributed by atoms with Gasteiger partial charge in [-0.25, -0.2) is 4.79 Å². The molecule has 2 rings (SSSR count). The van der Waals surface area contributed by atoms with Crippen LogP contribution in [0.3, 0.4) is 0 Å². The van der Waals surface area contributed by atoms with Crippen molar-refractivity contribution in [2.75, 3.05) is 6.54 Å². The van der Waals surface area contributed by atoms with E-state index >= 15 is 0 Å². The number of carbonyl (C=O) groups is 2. The van der Waals surface area contributed by atoms with Crippen molar-refractivity contribution in [1.29, 1.82) is 0 Å². The van der Waals surface area contributed by atoms with Crippen molar-refractivity contribution in [3.05, 3.63) is 35.9 Å². The minimum absolute atomic E-state index is 0.0215. The standard InChI is InChI=1S/C13H16N2O2/c1-9-8-15(13(17)14-12(9)16)10(2)11-6-4-3-5-7-11/h3-7,9-10H,8H2,1-2H3,(H,14,16,17)/t9-,10+/m0/s1. The summed E-state index contributed by atoms with van der Waals surface area (Å²) in [5.74, 6) is -0.342. The normalized spacial score (nSPS) is 22.2. The van der Waals surface area contributed by atoms with Gasteiger partial charge < -0.3 is 4.90 Å². The highest BCUT2D eigenvalue weighted by Crippen LogP contribution is 2.23. The Morgan fingerprint density at radius 1 is 1.29 bits per heavy atom. The van der Waals surface area contributed by atoms with Gasteiger partial charge in [-0.15, -0.1) is 0 Å². The first-order valence-corrected chi connectivity index (χ1v) is 5.76. The van der Waals surface area contributed by atoms with Crippen LogP contribution in [0.15, 0.2) is 30.3 Å². The number of benzene rings is 1. The molecule has 1 aromatic rings. The number of amides is 3. The predicted octanol–water partition coefficient (Wildman–Crippen LogP) is 1.94. The van der Waals surface area contributed by atoms with Crippen molar-refractivity contribution in [3.8, 4) is 0 Å². The van der Waals surface area contributed by atoms with Gasteiger partial charge in [-0.05, 0) is 12.5 Å². The zero-order valence-corrected chi connectivity index (χ0v) is 10.0. The third-order valence-electron chi connectivity index (χ3n) is 3.16. The second kappa shape index (κ2) is 4.57. The molecule has 0 aliphatic carbocycles. The van der Waals surface area contributed by atoms with Gasteiger partial charge in [-0.1, -0.05) is 37.3 Å². The minimum Gasteiger partial charge on any atom is -0.317 e. The molecule has 0 unspecified atom stereocenters. The van der Waals surface area contributed by atoms with E-state index in [-0.39, 0.29) is 23.9 Å². The molecule has 2 atom stereocenters. The Morgan fingerprint density at radius 2 is 1.94 bits per heavy atom. The Balaban J connectivity index is 2.17. The Morgan fingerprint density at radius 3 is 2.59 bits per heavy atom. The fourth-order valence-electron chi connectivity index (χ4n) is 2.01. The van der Waals surface area contributed by atoms with E-state index in [0.29, 0.717) is 6.54 Å². The van der Waals surface area contributed by atoms with Crippen LogP contribution in [-0.2, 0) is 4.79 Å². The lowest BCUT2D eigenvalue weighted by molar-refractivity contribution is -0.125. The SMILES string of the molecule is C[C@H](c1ccccc1)N1C[C@H](C)C(=O)NC1=O. The van der Waals surface area contributed by atoms with Crippen LogP contribution in [-0.4, -0.2) is 23.4 Å². The molecule has 17 heavy (non-hydrogen) atoms. The maximum Gasteiger partial charge on any atom is 0.324 e. The van der Waals surface area contributed by atoms with Gasteiger partial charge in [0.05, 0.1) is 12.0 Å². The zero-order valence-electron chi connectivity index (χ0n) is 10.0. The lowest BCUT2D eigenvalue weighted by Gasteiger charge is -2.35. The number of nitrogens with one attached hydrogen (secondary N) is 1. The van der Waals surface area contributed by atoms with Crippen molar-refractivity contribution < 1.29 is 9.59 Å². The van der Waals surface area contributed by atoms with E-state index in [1.807, 2.05) is 44.2 Å². The van der Waals surface area contributed by atoms with Crippen molar-refractivity contribution in [2.24, 2.45) is 5.92 Å². The van der Waals surface area contributed by atoms with Crippen molar-refractivity contribution >= 4 is 11.9 Å². The van der Waals surface area contributed by atoms with Crippen LogP contribution >= 0.6 is 0 Å². The maximum atomic E-state index is 11.8. The first-order chi connectivity index (χ1) is 8.09. The van der Waals surface area contributed by atoms with Crippen molar-refractivity contribution in [2.45, 2.75) is 19.9 Å². The number of nitrogens with zero attached hydrogens (tertiary/aromatic N) is 1. The fourth-order valence-corrected chi connectivity index (χ4v) is 2.01. The van der Waals surface area contributed by atoms with Gasteiger partial charge >= 0.3 is 6.03 Å². The molecule has 1 aliphatic heterocycles. The Hall–Kier alpha value is -1.84. The maximum absolute atomic E-state index is 11.8. The highest BCUT2D eigenvalue weighted by molar-refractivity contribution is 5.97. The van der Waals surface area contributed by atoms with Gasteiger partial charge in [-0.3, -0.25) is 10.1 Å². The van der Waals surface area contributed by atoms with Crippen LogP contribution in [0, 0.1) is 5.92 Å². The van der Waals surface area contributed by atoms with Crippen LogP contribution in [0.2, 0.25) is 0 Å². The molecule has 4 nitrogen and oxygen atoms in total. The molecule has 1 N–H and O–H groups in total. The molecule has 90 valence electrons. The molecular formula is C13H16N2O2. The molecule has 1 fully saturated rings. The molecule has 3 amide bonds. The number of hydrogen-bond donors (Lipinski definition) is 1. The monoisotopic (exact) mass is 232 g/mol. The van der Waals surface area contributed by atoms with Gasteiger partial charge in [0.2, 0.25) is 5.91 Å². The van der Waals surface area contributed by atoms with Crippen LogP contribution < -0.4 is 5.32 Å². The van der Waals surface area contributed by atoms with E-state index in [4.69, 9.17) is 0 Å². The Kier molecular flexibility index (Phi) is 3.13. The van der Waals surface area contributed by atoms with E-state index in [1.165, 1.54) is 0 Å². The number of rotatable bonds is 2. The highest BCUT2D eigenvalue weighted by atomic mass is 16.2. The lowest BCUT2D eigenvalue weighted by atomic mass is 10.0. The van der Waals surface area contributed by atoms with Crippen LogP contribution in [0.5, 0.6) is 0 Å². The third kappa shape index (κ3) is 2.30. The fraction of sp³-hybridized carbons (Fsp3) is 0.385. The molecule has 1 heterocycles. The lowest BCUT2D eigenvalue weighted by Crippen LogP contribution is -2.54. The van der Waals surface area contributed by atoms with Gasteiger partial charge in [0, 0.05) is 6.54 Å². The summed E-state index contributed by atoms with van der Waals surface area (Å²) in [5.41, 5.74) is 1.07. The molecule has 0 saturated carbocycles. The first kappa shape index (κ1) is 11.6. The summed E-state index contributed by atoms with van der Waals surface area (Å²) >= 11 is 0. The average molecular weight is 232 g/mol. The summed E-state index contributed by atoms with van der Waals surface area (Å²) in [6.07, 6.45) is 0. The average Bonchev–Trinajstić information content (AvgIpc) is 2.34. The van der Waals surface area contributed by atoms with Gasteiger partial charge in [0.25, 0.3) is 0 Å². The molecule has 4 heteroatoms. The number of carbonyl (C=O) groups excluding carboxylic acids is 2. The number of imide groups is 1. The van der Waals surface area contributed by atoms with E-state index < -0.39 is 0 Å². The summed E-state index contributed by atoms with van der Waals surface area (Å²) < 4.78 is 0. The summed E-state index contributed by atoms with van der Waals surface area (Å²) in [5, 5.41) is 2.38. The Bertz CT molecular complexity index is 430. The summed E-state index contributed by atoms with van der Waals surface area (Å²) in [7, 11) is 0. The van der Waals surface area contributed by atoms with E-state index in [1.54, 1.807) is 4.90 Å². The third-order valence-corrected chi connectivity index (χ3v) is 3.16. The topological polar surface area (TPSA) is 49.4 Å². The summed E-state index contributed by atoms with van der Waals surface area (Å²) in [4.78, 5) is 24.8. The highest BCUT2D eigenvalue weighted by Gasteiger charge is 2.32. The molecule has 0 aromatic heterocycles. The van der Waals surface area contributed by atoms with Crippen LogP contribution in [0.1, 0.15) is 25.5 Å². The number of hydrogen-bond acceptors (Lipinski definition) is 2. The summed E-state index contributed by atoms with van der Waals surface area (Å²) in [6.45, 7) is 4.27. The van der Waals surface area contributed by atoms with Crippen LogP contribution in [0.25, 0.3) is 0 Å². The summed E-state index contributed by atoms with van der Waals surface area (Å²) in [6, 6.07) is 9.48. The van der Waals surface area contributed by atoms with Gasteiger partial charge in [-0.2, -0.15) is 0 Å². The van der Waals surface area contributed by atoms with E-state index in [2.05, 4.69) is 5.32 Å². The predicted molar refractivity (Wildman–Crippen MR) is 64.3 cm³/mol. The first-order valence-electron chi connectivity index (χ1n) is 5.76.